The van der Waals surface area contributed by atoms with Crippen LogP contribution in [0, 0.1) is 0 Å². The van der Waals surface area contributed by atoms with Crippen LogP contribution >= 0.6 is 0 Å². The van der Waals surface area contributed by atoms with Crippen molar-refractivity contribution >= 4 is 5.97 Å². The molecule has 1 rings (SSSR count). The predicted molar refractivity (Wildman–Crippen MR) is 62.9 cm³/mol. The summed E-state index contributed by atoms with van der Waals surface area (Å²) in [4.78, 5) is 13.9. The van der Waals surface area contributed by atoms with Crippen molar-refractivity contribution in [2.75, 3.05) is 7.11 Å². The van der Waals surface area contributed by atoms with Gasteiger partial charge in [0.1, 0.15) is 0 Å². The zero-order valence-corrected chi connectivity index (χ0v) is 9.48. The van der Waals surface area contributed by atoms with Gasteiger partial charge >= 0.3 is 5.97 Å². The largest absolute Gasteiger partial charge is 0.469 e. The molecule has 0 aliphatic heterocycles. The van der Waals surface area contributed by atoms with Crippen LogP contribution in [-0.2, 0) is 9.53 Å². The number of rotatable bonds is 5. The highest BCUT2D eigenvalue weighted by molar-refractivity contribution is 5.70. The van der Waals surface area contributed by atoms with Crippen molar-refractivity contribution in [1.82, 2.24) is 0 Å². The molecule has 17 heavy (non-hydrogen) atoms. The SMILES string of the molecule is COC(=O)C[C@H](N)[C@H](N=[N+]=[N-])c1ccccc1. The van der Waals surface area contributed by atoms with Gasteiger partial charge in [0.2, 0.25) is 0 Å². The lowest BCUT2D eigenvalue weighted by molar-refractivity contribution is -0.141. The molecule has 2 atom stereocenters. The summed E-state index contributed by atoms with van der Waals surface area (Å²) in [6, 6.07) is 7.93. The van der Waals surface area contributed by atoms with Crippen LogP contribution < -0.4 is 5.73 Å². The molecular weight excluding hydrogens is 220 g/mol. The summed E-state index contributed by atoms with van der Waals surface area (Å²) < 4.78 is 4.53. The number of hydrogen-bond acceptors (Lipinski definition) is 4. The van der Waals surface area contributed by atoms with Crippen molar-refractivity contribution in [2.45, 2.75) is 18.5 Å². The Hall–Kier alpha value is -2.04. The van der Waals surface area contributed by atoms with Crippen LogP contribution in [0.5, 0.6) is 0 Å². The van der Waals surface area contributed by atoms with E-state index in [0.717, 1.165) is 5.56 Å². The zero-order valence-electron chi connectivity index (χ0n) is 9.48. The maximum Gasteiger partial charge on any atom is 0.307 e. The monoisotopic (exact) mass is 234 g/mol. The summed E-state index contributed by atoms with van der Waals surface area (Å²) in [5, 5.41) is 3.63. The van der Waals surface area contributed by atoms with Gasteiger partial charge in [-0.3, -0.25) is 4.79 Å². The van der Waals surface area contributed by atoms with Crippen LogP contribution in [0.3, 0.4) is 0 Å². The molecule has 0 radical (unpaired) electrons. The number of ether oxygens (including phenoxy) is 1. The Kier molecular flexibility index (Phi) is 5.00. The van der Waals surface area contributed by atoms with Gasteiger partial charge in [-0.05, 0) is 11.1 Å². The van der Waals surface area contributed by atoms with E-state index in [4.69, 9.17) is 11.3 Å². The second-order valence-electron chi connectivity index (χ2n) is 3.50. The number of benzene rings is 1. The molecule has 0 fully saturated rings. The van der Waals surface area contributed by atoms with E-state index in [-0.39, 0.29) is 6.42 Å². The van der Waals surface area contributed by atoms with Crippen LogP contribution in [0.1, 0.15) is 18.0 Å². The first-order chi connectivity index (χ1) is 8.19. The van der Waals surface area contributed by atoms with E-state index in [1.807, 2.05) is 18.2 Å². The van der Waals surface area contributed by atoms with E-state index in [0.29, 0.717) is 0 Å². The molecule has 0 aliphatic carbocycles. The number of nitrogens with two attached hydrogens (primary N) is 1. The quantitative estimate of drug-likeness (QED) is 0.364. The van der Waals surface area contributed by atoms with Crippen molar-refractivity contribution in [1.29, 1.82) is 0 Å². The molecule has 0 bridgehead atoms. The number of carbonyl (C=O) groups excluding carboxylic acids is 1. The van der Waals surface area contributed by atoms with Crippen molar-refractivity contribution in [3.63, 3.8) is 0 Å². The molecule has 90 valence electrons. The number of carbonyl (C=O) groups is 1. The molecular formula is C11H14N4O2. The lowest BCUT2D eigenvalue weighted by atomic mass is 9.98. The summed E-state index contributed by atoms with van der Waals surface area (Å²) in [5.41, 5.74) is 15.2. The zero-order chi connectivity index (χ0) is 12.7. The molecule has 0 saturated heterocycles. The minimum absolute atomic E-state index is 0.00901. The Morgan fingerprint density at radius 3 is 2.71 bits per heavy atom. The third-order valence-corrected chi connectivity index (χ3v) is 2.35. The number of nitrogens with zero attached hydrogens (tertiary/aromatic N) is 3. The number of methoxy groups -OCH3 is 1. The molecule has 0 saturated carbocycles. The van der Waals surface area contributed by atoms with E-state index >= 15 is 0 Å². The molecule has 2 N–H and O–H groups in total. The molecule has 0 spiro atoms. The molecule has 0 amide bonds. The normalized spacial score (nSPS) is 13.3. The Morgan fingerprint density at radius 2 is 2.18 bits per heavy atom. The summed E-state index contributed by atoms with van der Waals surface area (Å²) in [7, 11) is 1.29. The van der Waals surface area contributed by atoms with E-state index in [9.17, 15) is 4.79 Å². The van der Waals surface area contributed by atoms with Gasteiger partial charge < -0.3 is 10.5 Å². The number of esters is 1. The third kappa shape index (κ3) is 3.79. The maximum absolute atomic E-state index is 11.1. The highest BCUT2D eigenvalue weighted by atomic mass is 16.5. The fraction of sp³-hybridized carbons (Fsp3) is 0.364. The molecule has 6 heteroatoms. The van der Waals surface area contributed by atoms with Gasteiger partial charge in [-0.25, -0.2) is 0 Å². The van der Waals surface area contributed by atoms with Crippen molar-refractivity contribution in [3.8, 4) is 0 Å². The lowest BCUT2D eigenvalue weighted by Gasteiger charge is -2.18. The maximum atomic E-state index is 11.1. The fourth-order valence-electron chi connectivity index (χ4n) is 1.49. The van der Waals surface area contributed by atoms with Gasteiger partial charge in [-0.15, -0.1) is 0 Å². The third-order valence-electron chi connectivity index (χ3n) is 2.35. The van der Waals surface area contributed by atoms with Crippen LogP contribution in [0.25, 0.3) is 10.4 Å². The molecule has 0 heterocycles. The van der Waals surface area contributed by atoms with Gasteiger partial charge in [-0.2, -0.15) is 0 Å². The second-order valence-corrected chi connectivity index (χ2v) is 3.50. The Bertz CT molecular complexity index is 415. The average Bonchev–Trinajstić information content (AvgIpc) is 2.36. The summed E-state index contributed by atoms with van der Waals surface area (Å²) >= 11 is 0. The van der Waals surface area contributed by atoms with Crippen LogP contribution in [0.15, 0.2) is 35.4 Å². The average molecular weight is 234 g/mol. The topological polar surface area (TPSA) is 101 Å². The smallest absolute Gasteiger partial charge is 0.307 e. The van der Waals surface area contributed by atoms with Crippen LogP contribution in [0.2, 0.25) is 0 Å². The summed E-state index contributed by atoms with van der Waals surface area (Å²) in [5.74, 6) is -0.424. The minimum atomic E-state index is -0.597. The Balaban J connectivity index is 2.86. The molecule has 1 aromatic rings. The second kappa shape index (κ2) is 6.52. The van der Waals surface area contributed by atoms with E-state index in [2.05, 4.69) is 14.8 Å². The first kappa shape index (κ1) is 13.0. The summed E-state index contributed by atoms with van der Waals surface area (Å²) in [6.45, 7) is 0. The summed E-state index contributed by atoms with van der Waals surface area (Å²) in [6.07, 6.45) is 0.00901. The van der Waals surface area contributed by atoms with Gasteiger partial charge in [0.05, 0.1) is 19.6 Å². The van der Waals surface area contributed by atoms with E-state index in [1.54, 1.807) is 12.1 Å². The molecule has 1 aromatic carbocycles. The Labute approximate surface area is 99.0 Å². The highest BCUT2D eigenvalue weighted by Gasteiger charge is 2.21. The molecule has 0 aromatic heterocycles. The van der Waals surface area contributed by atoms with Gasteiger partial charge in [0, 0.05) is 11.0 Å². The number of hydrogen-bond donors (Lipinski definition) is 1. The molecule has 0 aliphatic rings. The highest BCUT2D eigenvalue weighted by Crippen LogP contribution is 2.22. The van der Waals surface area contributed by atoms with Gasteiger partial charge in [-0.1, -0.05) is 35.4 Å². The molecule has 6 nitrogen and oxygen atoms in total. The minimum Gasteiger partial charge on any atom is -0.469 e. The van der Waals surface area contributed by atoms with Crippen molar-refractivity contribution < 1.29 is 9.53 Å². The van der Waals surface area contributed by atoms with E-state index < -0.39 is 18.1 Å². The van der Waals surface area contributed by atoms with Gasteiger partial charge in [0.25, 0.3) is 0 Å². The molecule has 0 unspecified atom stereocenters. The van der Waals surface area contributed by atoms with Crippen molar-refractivity contribution in [3.05, 3.63) is 46.3 Å². The predicted octanol–water partition coefficient (Wildman–Crippen LogP) is 1.93. The fourth-order valence-corrected chi connectivity index (χ4v) is 1.49. The Morgan fingerprint density at radius 1 is 1.53 bits per heavy atom. The van der Waals surface area contributed by atoms with Crippen molar-refractivity contribution in [2.24, 2.45) is 10.8 Å². The number of azide groups is 1. The van der Waals surface area contributed by atoms with Gasteiger partial charge in [0.15, 0.2) is 0 Å². The van der Waals surface area contributed by atoms with Crippen LogP contribution in [-0.4, -0.2) is 19.1 Å². The standard InChI is InChI=1S/C11H14N4O2/c1-17-10(16)7-9(12)11(14-15-13)8-5-3-2-4-6-8/h2-6,9,11H,7,12H2,1H3/t9-,11+/m0/s1. The van der Waals surface area contributed by atoms with E-state index in [1.165, 1.54) is 7.11 Å². The lowest BCUT2D eigenvalue weighted by Crippen LogP contribution is -2.30. The first-order valence-electron chi connectivity index (χ1n) is 5.10. The first-order valence-corrected chi connectivity index (χ1v) is 5.10. The van der Waals surface area contributed by atoms with Crippen LogP contribution in [0.4, 0.5) is 0 Å².